The van der Waals surface area contributed by atoms with Crippen molar-refractivity contribution in [3.63, 3.8) is 0 Å². The Balaban J connectivity index is 3.76. The zero-order valence-corrected chi connectivity index (χ0v) is 31.9. The minimum absolute atomic E-state index is 0.00427. The zero-order valence-electron chi connectivity index (χ0n) is 31.9. The first-order chi connectivity index (χ1) is 23.5. The van der Waals surface area contributed by atoms with Gasteiger partial charge in [-0.1, -0.05) is 192 Å². The number of rotatable bonds is 37. The largest absolute Gasteiger partial charge is 0.394 e. The predicted molar refractivity (Wildman–Crippen MR) is 208 cm³/mol. The number of amides is 1. The van der Waals surface area contributed by atoms with E-state index >= 15 is 0 Å². The molecule has 0 aliphatic carbocycles. The van der Waals surface area contributed by atoms with E-state index in [1.54, 1.807) is 6.08 Å². The van der Waals surface area contributed by atoms with Crippen LogP contribution < -0.4 is 5.32 Å². The van der Waals surface area contributed by atoms with Gasteiger partial charge in [0.15, 0.2) is 0 Å². The summed E-state index contributed by atoms with van der Waals surface area (Å²) < 4.78 is 0. The van der Waals surface area contributed by atoms with Gasteiger partial charge in [0.2, 0.25) is 5.91 Å². The average molecular weight is 676 g/mol. The highest BCUT2D eigenvalue weighted by Gasteiger charge is 2.20. The Kier molecular flexibility index (Phi) is 37.2. The van der Waals surface area contributed by atoms with Crippen molar-refractivity contribution < 1.29 is 20.1 Å². The minimum Gasteiger partial charge on any atom is -0.394 e. The van der Waals surface area contributed by atoms with Crippen molar-refractivity contribution in [3.05, 3.63) is 36.5 Å². The number of allylic oxidation sites excluding steroid dienone is 5. The summed E-state index contributed by atoms with van der Waals surface area (Å²) in [5, 5.41) is 33.1. The van der Waals surface area contributed by atoms with Crippen molar-refractivity contribution in [3.8, 4) is 0 Å². The Morgan fingerprint density at radius 1 is 0.521 bits per heavy atom. The molecule has 0 aromatic carbocycles. The van der Waals surface area contributed by atoms with Gasteiger partial charge < -0.3 is 20.6 Å². The molecule has 282 valence electrons. The Morgan fingerprint density at radius 2 is 0.896 bits per heavy atom. The van der Waals surface area contributed by atoms with Gasteiger partial charge in [0, 0.05) is 0 Å². The van der Waals surface area contributed by atoms with Crippen LogP contribution in [0.3, 0.4) is 0 Å². The molecule has 5 nitrogen and oxygen atoms in total. The molecule has 0 aliphatic heterocycles. The Morgan fingerprint density at radius 3 is 1.33 bits per heavy atom. The first-order valence-electron chi connectivity index (χ1n) is 20.8. The zero-order chi connectivity index (χ0) is 35.2. The van der Waals surface area contributed by atoms with Crippen LogP contribution in [0.4, 0.5) is 0 Å². The van der Waals surface area contributed by atoms with Gasteiger partial charge in [0.25, 0.3) is 0 Å². The lowest BCUT2D eigenvalue weighted by Gasteiger charge is -2.21. The molecule has 0 rings (SSSR count). The molecule has 48 heavy (non-hydrogen) atoms. The van der Waals surface area contributed by atoms with Gasteiger partial charge in [-0.2, -0.15) is 0 Å². The number of carbonyl (C=O) groups excluding carboxylic acids is 1. The van der Waals surface area contributed by atoms with E-state index in [9.17, 15) is 20.1 Å². The average Bonchev–Trinajstić information content (AvgIpc) is 3.08. The number of nitrogens with one attached hydrogen (secondary N) is 1. The third-order valence-electron chi connectivity index (χ3n) is 9.41. The van der Waals surface area contributed by atoms with Crippen molar-refractivity contribution in [2.75, 3.05) is 6.61 Å². The van der Waals surface area contributed by atoms with Gasteiger partial charge >= 0.3 is 0 Å². The third kappa shape index (κ3) is 34.4. The van der Waals surface area contributed by atoms with Crippen LogP contribution in [0.25, 0.3) is 0 Å². The minimum atomic E-state index is -0.957. The standard InChI is InChI=1S/C43H81NO4/c1-3-5-7-9-11-13-15-17-18-19-20-21-22-23-24-25-27-29-31-33-35-37-42(47)41(39-45)44-43(48)38-40(46)36-34-32-30-28-26-16-14-12-10-8-6-4-2/h22-23,27,29,35,37,40-42,45-47H,3-21,24-26,28,30-34,36,38-39H2,1-2H3,(H,44,48)/b23-22+,29-27+,37-35+. The maximum absolute atomic E-state index is 12.4. The summed E-state index contributed by atoms with van der Waals surface area (Å²) in [4.78, 5) is 12.4. The monoisotopic (exact) mass is 676 g/mol. The van der Waals surface area contributed by atoms with Gasteiger partial charge in [-0.3, -0.25) is 4.79 Å². The summed E-state index contributed by atoms with van der Waals surface area (Å²) in [6, 6.07) is -0.764. The lowest BCUT2D eigenvalue weighted by atomic mass is 10.0. The Hall–Kier alpha value is -1.43. The van der Waals surface area contributed by atoms with Gasteiger partial charge in [-0.05, 0) is 44.9 Å². The van der Waals surface area contributed by atoms with Gasteiger partial charge in [0.05, 0.1) is 31.3 Å². The van der Waals surface area contributed by atoms with Gasteiger partial charge in [0.1, 0.15) is 0 Å². The van der Waals surface area contributed by atoms with Crippen molar-refractivity contribution in [2.45, 2.75) is 225 Å². The summed E-state index contributed by atoms with van der Waals surface area (Å²) >= 11 is 0. The maximum Gasteiger partial charge on any atom is 0.222 e. The van der Waals surface area contributed by atoms with Gasteiger partial charge in [-0.15, -0.1) is 0 Å². The third-order valence-corrected chi connectivity index (χ3v) is 9.41. The van der Waals surface area contributed by atoms with E-state index in [1.807, 2.05) is 6.08 Å². The van der Waals surface area contributed by atoms with Crippen LogP contribution in [0.1, 0.15) is 206 Å². The second-order valence-corrected chi connectivity index (χ2v) is 14.2. The first-order valence-corrected chi connectivity index (χ1v) is 20.8. The number of hydrogen-bond donors (Lipinski definition) is 4. The molecule has 0 aromatic heterocycles. The molecule has 0 aromatic rings. The van der Waals surface area contributed by atoms with Crippen molar-refractivity contribution in [1.82, 2.24) is 5.32 Å². The van der Waals surface area contributed by atoms with Gasteiger partial charge in [-0.25, -0.2) is 0 Å². The van der Waals surface area contributed by atoms with Crippen molar-refractivity contribution in [1.29, 1.82) is 0 Å². The Bertz CT molecular complexity index is 749. The van der Waals surface area contributed by atoms with E-state index in [0.29, 0.717) is 6.42 Å². The number of aliphatic hydroxyl groups is 3. The van der Waals surface area contributed by atoms with E-state index in [4.69, 9.17) is 0 Å². The second-order valence-electron chi connectivity index (χ2n) is 14.2. The SMILES string of the molecule is CCCCCCCCCCCCC/C=C/CC/C=C/CC/C=C/C(O)C(CO)NC(=O)CC(O)CCCCCCCCCCCCCC. The van der Waals surface area contributed by atoms with Crippen LogP contribution in [0.5, 0.6) is 0 Å². The second kappa shape index (κ2) is 38.4. The van der Waals surface area contributed by atoms with Crippen molar-refractivity contribution >= 4 is 5.91 Å². The lowest BCUT2D eigenvalue weighted by Crippen LogP contribution is -2.45. The van der Waals surface area contributed by atoms with E-state index < -0.39 is 18.2 Å². The molecule has 0 heterocycles. The summed E-state index contributed by atoms with van der Waals surface area (Å²) in [6.07, 6.45) is 47.1. The van der Waals surface area contributed by atoms with Crippen LogP contribution >= 0.6 is 0 Å². The van der Waals surface area contributed by atoms with Crippen LogP contribution in [0, 0.1) is 0 Å². The van der Waals surface area contributed by atoms with E-state index in [0.717, 1.165) is 38.5 Å². The number of hydrogen-bond acceptors (Lipinski definition) is 4. The van der Waals surface area contributed by atoms with Crippen LogP contribution in [-0.2, 0) is 4.79 Å². The van der Waals surface area contributed by atoms with Crippen LogP contribution in [-0.4, -0.2) is 46.1 Å². The topological polar surface area (TPSA) is 89.8 Å². The number of unbranched alkanes of at least 4 members (excludes halogenated alkanes) is 24. The molecule has 0 fully saturated rings. The molecule has 0 radical (unpaired) electrons. The first kappa shape index (κ1) is 46.6. The molecular formula is C43H81NO4. The quantitative estimate of drug-likeness (QED) is 0.0390. The van der Waals surface area contributed by atoms with E-state index in [1.165, 1.54) is 141 Å². The normalized spacial score (nSPS) is 14.0. The molecule has 4 N–H and O–H groups in total. The molecule has 0 spiro atoms. The number of carbonyl (C=O) groups is 1. The number of aliphatic hydroxyl groups excluding tert-OH is 3. The van der Waals surface area contributed by atoms with Crippen molar-refractivity contribution in [2.24, 2.45) is 0 Å². The summed E-state index contributed by atoms with van der Waals surface area (Å²) in [5.74, 6) is -0.330. The van der Waals surface area contributed by atoms with E-state index in [2.05, 4.69) is 43.5 Å². The maximum atomic E-state index is 12.4. The highest BCUT2D eigenvalue weighted by molar-refractivity contribution is 5.76. The fourth-order valence-corrected chi connectivity index (χ4v) is 6.19. The summed E-state index contributed by atoms with van der Waals surface area (Å²) in [6.45, 7) is 4.19. The van der Waals surface area contributed by atoms with Crippen LogP contribution in [0.15, 0.2) is 36.5 Å². The molecule has 5 heteroatoms. The summed E-state index contributed by atoms with van der Waals surface area (Å²) in [5.41, 5.74) is 0. The molecule has 0 aliphatic rings. The smallest absolute Gasteiger partial charge is 0.222 e. The molecule has 0 saturated heterocycles. The lowest BCUT2D eigenvalue weighted by molar-refractivity contribution is -0.124. The van der Waals surface area contributed by atoms with E-state index in [-0.39, 0.29) is 18.9 Å². The molecule has 0 saturated carbocycles. The molecule has 0 bridgehead atoms. The van der Waals surface area contributed by atoms with Crippen LogP contribution in [0.2, 0.25) is 0 Å². The fourth-order valence-electron chi connectivity index (χ4n) is 6.19. The fraction of sp³-hybridized carbons (Fsp3) is 0.837. The molecular weight excluding hydrogens is 594 g/mol. The Labute approximate surface area is 298 Å². The molecule has 3 unspecified atom stereocenters. The molecule has 1 amide bonds. The highest BCUT2D eigenvalue weighted by Crippen LogP contribution is 2.15. The highest BCUT2D eigenvalue weighted by atomic mass is 16.3. The predicted octanol–water partition coefficient (Wildman–Crippen LogP) is 11.6. The summed E-state index contributed by atoms with van der Waals surface area (Å²) in [7, 11) is 0. The molecule has 3 atom stereocenters.